The van der Waals surface area contributed by atoms with Gasteiger partial charge in [-0.3, -0.25) is 19.8 Å². The summed E-state index contributed by atoms with van der Waals surface area (Å²) in [7, 11) is 0. The number of carbonyl (C=O) groups is 3. The minimum absolute atomic E-state index is 0.122. The van der Waals surface area contributed by atoms with Crippen LogP contribution in [-0.2, 0) is 4.79 Å². The summed E-state index contributed by atoms with van der Waals surface area (Å²) in [4.78, 5) is 38.0. The quantitative estimate of drug-likeness (QED) is 0.458. The lowest BCUT2D eigenvalue weighted by Gasteiger charge is -2.56. The summed E-state index contributed by atoms with van der Waals surface area (Å²) < 4.78 is 5.90. The first-order valence-electron chi connectivity index (χ1n) is 12.1. The monoisotopic (exact) mass is 529 g/mol. The van der Waals surface area contributed by atoms with Crippen molar-refractivity contribution in [3.63, 3.8) is 0 Å². The molecule has 4 saturated carbocycles. The molecule has 0 atom stereocenters. The zero-order valence-electron chi connectivity index (χ0n) is 19.4. The standard InChI is InChI=1S/C26H25Cl2N3O5/c27-19-6-16(31-12-22(33)29-25(31)35)7-20(28)23(19)36-17-1-2-21(32)18(8-17)24(34)30-26-9-13-3-14(10-26)5-15(4-13)11-26/h1-2,6-8,13-15,32H,3-5,9-12H2,(H,30,34)(H,29,33,35). The molecule has 7 rings (SSSR count). The third kappa shape index (κ3) is 4.16. The summed E-state index contributed by atoms with van der Waals surface area (Å²) in [6, 6.07) is 6.78. The molecule has 0 spiro atoms. The van der Waals surface area contributed by atoms with E-state index in [2.05, 4.69) is 10.6 Å². The number of phenols is 1. The van der Waals surface area contributed by atoms with Crippen LogP contribution in [0.25, 0.3) is 0 Å². The van der Waals surface area contributed by atoms with Crippen LogP contribution >= 0.6 is 23.2 Å². The summed E-state index contributed by atoms with van der Waals surface area (Å²) in [6.45, 7) is -0.133. The highest BCUT2D eigenvalue weighted by atomic mass is 35.5. The number of anilines is 1. The maximum absolute atomic E-state index is 13.3. The lowest BCUT2D eigenvalue weighted by Crippen LogP contribution is -2.59. The van der Waals surface area contributed by atoms with Gasteiger partial charge in [0.2, 0.25) is 5.91 Å². The largest absolute Gasteiger partial charge is 0.507 e. The van der Waals surface area contributed by atoms with Crippen LogP contribution in [0.2, 0.25) is 10.0 Å². The fraction of sp³-hybridized carbons (Fsp3) is 0.423. The fourth-order valence-corrected chi connectivity index (χ4v) is 7.45. The number of hydrogen-bond donors (Lipinski definition) is 3. The smallest absolute Gasteiger partial charge is 0.329 e. The Balaban J connectivity index is 1.22. The molecule has 3 N–H and O–H groups in total. The van der Waals surface area contributed by atoms with Gasteiger partial charge in [-0.25, -0.2) is 4.79 Å². The zero-order chi connectivity index (χ0) is 25.2. The molecule has 2 aromatic carbocycles. The SMILES string of the molecule is O=C1CN(c2cc(Cl)c(Oc3ccc(O)c(C(=O)NC45CC6CC(CC(C6)C4)C5)c3)c(Cl)c2)C(=O)N1. The molecule has 188 valence electrons. The van der Waals surface area contributed by atoms with Gasteiger partial charge in [-0.2, -0.15) is 0 Å². The van der Waals surface area contributed by atoms with Crippen molar-refractivity contribution < 1.29 is 24.2 Å². The first kappa shape index (κ1) is 23.4. The van der Waals surface area contributed by atoms with Crippen LogP contribution in [0.3, 0.4) is 0 Å². The summed E-state index contributed by atoms with van der Waals surface area (Å²) >= 11 is 12.8. The van der Waals surface area contributed by atoms with E-state index in [1.165, 1.54) is 54.5 Å². The van der Waals surface area contributed by atoms with Gasteiger partial charge in [-0.05, 0) is 86.6 Å². The van der Waals surface area contributed by atoms with Crippen molar-refractivity contribution in [3.8, 4) is 17.2 Å². The van der Waals surface area contributed by atoms with Gasteiger partial charge in [0.05, 0.1) is 15.6 Å². The minimum atomic E-state index is -0.561. The third-order valence-corrected chi connectivity index (χ3v) is 8.50. The van der Waals surface area contributed by atoms with Gasteiger partial charge >= 0.3 is 6.03 Å². The van der Waals surface area contributed by atoms with Crippen LogP contribution in [0, 0.1) is 17.8 Å². The predicted octanol–water partition coefficient (Wildman–Crippen LogP) is 5.25. The number of phenolic OH excluding ortho intramolecular Hbond substituents is 1. The van der Waals surface area contributed by atoms with E-state index in [9.17, 15) is 19.5 Å². The molecule has 36 heavy (non-hydrogen) atoms. The van der Waals surface area contributed by atoms with E-state index in [4.69, 9.17) is 27.9 Å². The Morgan fingerprint density at radius 2 is 1.64 bits per heavy atom. The van der Waals surface area contributed by atoms with Gasteiger partial charge < -0.3 is 15.2 Å². The highest BCUT2D eigenvalue weighted by Gasteiger charge is 2.51. The number of carbonyl (C=O) groups excluding carboxylic acids is 3. The molecule has 4 amide bonds. The number of rotatable bonds is 5. The van der Waals surface area contributed by atoms with Crippen LogP contribution < -0.4 is 20.3 Å². The molecule has 1 aliphatic heterocycles. The molecule has 8 nitrogen and oxygen atoms in total. The molecule has 1 heterocycles. The van der Waals surface area contributed by atoms with Crippen LogP contribution in [0.4, 0.5) is 10.5 Å². The van der Waals surface area contributed by atoms with Gasteiger partial charge in [-0.15, -0.1) is 0 Å². The molecule has 10 heteroatoms. The van der Waals surface area contributed by atoms with E-state index in [1.807, 2.05) is 0 Å². The number of hydrogen-bond acceptors (Lipinski definition) is 5. The van der Waals surface area contributed by atoms with E-state index in [1.54, 1.807) is 0 Å². The summed E-state index contributed by atoms with van der Waals surface area (Å²) in [6.07, 6.45) is 6.80. The van der Waals surface area contributed by atoms with Gasteiger partial charge in [-0.1, -0.05) is 23.2 Å². The number of halogens is 2. The number of urea groups is 1. The second-order valence-electron chi connectivity index (χ2n) is 10.6. The summed E-state index contributed by atoms with van der Waals surface area (Å²) in [5.74, 6) is 1.56. The Morgan fingerprint density at radius 1 is 1.03 bits per heavy atom. The summed E-state index contributed by atoms with van der Waals surface area (Å²) in [5.41, 5.74) is 0.280. The van der Waals surface area contributed by atoms with Crippen LogP contribution in [0.15, 0.2) is 30.3 Å². The molecule has 1 saturated heterocycles. The highest BCUT2D eigenvalue weighted by molar-refractivity contribution is 6.38. The van der Waals surface area contributed by atoms with Crippen LogP contribution in [0.5, 0.6) is 17.2 Å². The van der Waals surface area contributed by atoms with Crippen LogP contribution in [0.1, 0.15) is 48.9 Å². The zero-order valence-corrected chi connectivity index (χ0v) is 20.9. The lowest BCUT2D eigenvalue weighted by atomic mass is 9.53. The van der Waals surface area contributed by atoms with Crippen molar-refractivity contribution in [1.29, 1.82) is 0 Å². The maximum atomic E-state index is 13.3. The van der Waals surface area contributed by atoms with Gasteiger partial charge in [0.25, 0.3) is 5.91 Å². The molecule has 4 aliphatic carbocycles. The molecule has 0 unspecified atom stereocenters. The van der Waals surface area contributed by atoms with Crippen molar-refractivity contribution in [1.82, 2.24) is 10.6 Å². The summed E-state index contributed by atoms with van der Waals surface area (Å²) in [5, 5.41) is 16.2. The molecule has 0 radical (unpaired) electrons. The molecule has 4 bridgehead atoms. The van der Waals surface area contributed by atoms with Gasteiger partial charge in [0, 0.05) is 11.2 Å². The van der Waals surface area contributed by atoms with Crippen LogP contribution in [-0.4, -0.2) is 35.0 Å². The Hall–Kier alpha value is -2.97. The molecule has 0 aromatic heterocycles. The first-order valence-corrected chi connectivity index (χ1v) is 12.9. The number of nitrogens with one attached hydrogen (secondary N) is 2. The van der Waals surface area contributed by atoms with E-state index in [-0.39, 0.29) is 50.8 Å². The Bertz CT molecular complexity index is 1240. The number of amides is 4. The van der Waals surface area contributed by atoms with Gasteiger partial charge in [0.15, 0.2) is 5.75 Å². The fourth-order valence-electron chi connectivity index (χ4n) is 6.90. The third-order valence-electron chi connectivity index (χ3n) is 7.94. The Morgan fingerprint density at radius 3 is 2.19 bits per heavy atom. The van der Waals surface area contributed by atoms with E-state index < -0.39 is 11.9 Å². The van der Waals surface area contributed by atoms with Crippen molar-refractivity contribution in [2.24, 2.45) is 17.8 Å². The molecule has 5 fully saturated rings. The van der Waals surface area contributed by atoms with Crippen molar-refractivity contribution in [2.75, 3.05) is 11.4 Å². The number of aromatic hydroxyl groups is 1. The molecule has 2 aromatic rings. The Labute approximate surface area is 217 Å². The minimum Gasteiger partial charge on any atom is -0.507 e. The molecular weight excluding hydrogens is 505 g/mol. The lowest BCUT2D eigenvalue weighted by molar-refractivity contribution is -0.117. The second-order valence-corrected chi connectivity index (χ2v) is 11.4. The number of benzene rings is 2. The average Bonchev–Trinajstić information content (AvgIpc) is 3.13. The highest BCUT2D eigenvalue weighted by Crippen LogP contribution is 2.55. The molecular formula is C26H25Cl2N3O5. The number of ether oxygens (including phenoxy) is 1. The van der Waals surface area contributed by atoms with Crippen molar-refractivity contribution >= 4 is 46.7 Å². The Kier molecular flexibility index (Phi) is 5.57. The van der Waals surface area contributed by atoms with E-state index in [0.717, 1.165) is 19.3 Å². The number of nitrogens with zero attached hydrogens (tertiary/aromatic N) is 1. The maximum Gasteiger partial charge on any atom is 0.329 e. The predicted molar refractivity (Wildman–Crippen MR) is 134 cm³/mol. The number of imide groups is 1. The molecule has 5 aliphatic rings. The van der Waals surface area contributed by atoms with Crippen molar-refractivity contribution in [2.45, 2.75) is 44.1 Å². The van der Waals surface area contributed by atoms with Gasteiger partial charge in [0.1, 0.15) is 18.0 Å². The normalized spacial score (nSPS) is 28.4. The van der Waals surface area contributed by atoms with E-state index in [0.29, 0.717) is 23.4 Å². The van der Waals surface area contributed by atoms with Crippen molar-refractivity contribution in [3.05, 3.63) is 45.9 Å². The van der Waals surface area contributed by atoms with E-state index >= 15 is 0 Å². The topological polar surface area (TPSA) is 108 Å². The average molecular weight is 530 g/mol. The second kappa shape index (κ2) is 8.56. The first-order chi connectivity index (χ1) is 17.2.